The van der Waals surface area contributed by atoms with E-state index in [0.29, 0.717) is 11.6 Å². The highest BCUT2D eigenvalue weighted by Crippen LogP contribution is 2.37. The van der Waals surface area contributed by atoms with Crippen molar-refractivity contribution >= 4 is 5.97 Å². The Labute approximate surface area is 125 Å². The van der Waals surface area contributed by atoms with E-state index in [4.69, 9.17) is 9.84 Å². The normalized spacial score (nSPS) is 25.6. The van der Waals surface area contributed by atoms with Gasteiger partial charge in [-0.25, -0.2) is 4.79 Å². The van der Waals surface area contributed by atoms with Crippen LogP contribution in [0.3, 0.4) is 0 Å². The highest BCUT2D eigenvalue weighted by Gasteiger charge is 2.35. The van der Waals surface area contributed by atoms with Crippen molar-refractivity contribution in [1.82, 2.24) is 4.90 Å². The molecule has 0 bridgehead atoms. The number of hydrogen-bond donors (Lipinski definition) is 1. The summed E-state index contributed by atoms with van der Waals surface area (Å²) in [4.78, 5) is 13.7. The van der Waals surface area contributed by atoms with Crippen molar-refractivity contribution in [1.29, 1.82) is 0 Å². The van der Waals surface area contributed by atoms with Gasteiger partial charge in [0.25, 0.3) is 0 Å². The van der Waals surface area contributed by atoms with Gasteiger partial charge in [-0.15, -0.1) is 0 Å². The third-order valence-corrected chi connectivity index (χ3v) is 5.03. The molecule has 3 rings (SSSR count). The zero-order valence-corrected chi connectivity index (χ0v) is 12.5. The van der Waals surface area contributed by atoms with E-state index in [0.717, 1.165) is 30.3 Å². The first kappa shape index (κ1) is 14.4. The van der Waals surface area contributed by atoms with E-state index in [-0.39, 0.29) is 0 Å². The highest BCUT2D eigenvalue weighted by molar-refractivity contribution is 5.88. The van der Waals surface area contributed by atoms with Crippen LogP contribution in [0.25, 0.3) is 0 Å². The summed E-state index contributed by atoms with van der Waals surface area (Å²) in [5.74, 6) is 0.752. The molecule has 1 heterocycles. The first-order valence-electron chi connectivity index (χ1n) is 7.83. The molecule has 0 radical (unpaired) electrons. The van der Waals surface area contributed by atoms with Crippen molar-refractivity contribution in [3.8, 4) is 5.75 Å². The van der Waals surface area contributed by atoms with Gasteiger partial charge in [0.1, 0.15) is 5.75 Å². The van der Waals surface area contributed by atoms with E-state index in [1.54, 1.807) is 25.3 Å². The molecule has 4 nitrogen and oxygen atoms in total. The number of hydrogen-bond acceptors (Lipinski definition) is 3. The third kappa shape index (κ3) is 2.91. The summed E-state index contributed by atoms with van der Waals surface area (Å²) < 4.78 is 5.41. The van der Waals surface area contributed by atoms with Gasteiger partial charge in [-0.1, -0.05) is 12.8 Å². The Balaban J connectivity index is 1.80. The third-order valence-electron chi connectivity index (χ3n) is 5.03. The van der Waals surface area contributed by atoms with Gasteiger partial charge in [0, 0.05) is 18.2 Å². The second-order valence-electron chi connectivity index (χ2n) is 6.20. The van der Waals surface area contributed by atoms with Crippen molar-refractivity contribution in [3.05, 3.63) is 29.3 Å². The molecule has 114 valence electrons. The standard InChI is InChI=1S/C17H23NO3/c1-21-16-7-6-13(17(19)20)10-14(16)11-18-9-8-12-4-2-3-5-15(12)18/h6-7,10,12,15H,2-5,8-9,11H2,1H3,(H,19,20). The number of nitrogens with zero attached hydrogens (tertiary/aromatic N) is 1. The number of fused-ring (bicyclic) bond motifs is 1. The Morgan fingerprint density at radius 3 is 2.90 bits per heavy atom. The molecule has 1 aliphatic carbocycles. The summed E-state index contributed by atoms with van der Waals surface area (Å²) >= 11 is 0. The summed E-state index contributed by atoms with van der Waals surface area (Å²) in [5, 5.41) is 9.17. The lowest BCUT2D eigenvalue weighted by atomic mass is 9.85. The number of likely N-dealkylation sites (tertiary alicyclic amines) is 1. The van der Waals surface area contributed by atoms with Crippen LogP contribution in [-0.4, -0.2) is 35.7 Å². The van der Waals surface area contributed by atoms with Crippen LogP contribution in [0.2, 0.25) is 0 Å². The summed E-state index contributed by atoms with van der Waals surface area (Å²) in [6, 6.07) is 5.82. The molecule has 2 aliphatic rings. The average Bonchev–Trinajstić information content (AvgIpc) is 2.90. The first-order valence-corrected chi connectivity index (χ1v) is 7.83. The van der Waals surface area contributed by atoms with Gasteiger partial charge >= 0.3 is 5.97 Å². The number of ether oxygens (including phenoxy) is 1. The quantitative estimate of drug-likeness (QED) is 0.925. The summed E-state index contributed by atoms with van der Waals surface area (Å²) in [6.07, 6.45) is 6.61. The SMILES string of the molecule is COc1ccc(C(=O)O)cc1CN1CCC2CCCCC21. The van der Waals surface area contributed by atoms with Crippen molar-refractivity contribution in [2.24, 2.45) is 5.92 Å². The number of rotatable bonds is 4. The number of carboxylic acids is 1. The molecule has 1 aliphatic heterocycles. The molecule has 1 saturated heterocycles. The maximum absolute atomic E-state index is 11.2. The van der Waals surface area contributed by atoms with E-state index < -0.39 is 5.97 Å². The Bertz CT molecular complexity index is 529. The van der Waals surface area contributed by atoms with E-state index in [1.165, 1.54) is 32.1 Å². The fourth-order valence-corrected chi connectivity index (χ4v) is 3.95. The van der Waals surface area contributed by atoms with Crippen LogP contribution in [0.4, 0.5) is 0 Å². The molecule has 2 unspecified atom stereocenters. The van der Waals surface area contributed by atoms with Crippen LogP contribution >= 0.6 is 0 Å². The number of carbonyl (C=O) groups is 1. The van der Waals surface area contributed by atoms with Gasteiger partial charge in [-0.3, -0.25) is 4.90 Å². The van der Waals surface area contributed by atoms with Crippen LogP contribution in [0.5, 0.6) is 5.75 Å². The topological polar surface area (TPSA) is 49.8 Å². The number of aromatic carboxylic acids is 1. The predicted molar refractivity (Wildman–Crippen MR) is 80.7 cm³/mol. The van der Waals surface area contributed by atoms with Gasteiger partial charge < -0.3 is 9.84 Å². The Hall–Kier alpha value is -1.55. The van der Waals surface area contributed by atoms with Gasteiger partial charge in [-0.05, 0) is 49.9 Å². The zero-order chi connectivity index (χ0) is 14.8. The molecule has 0 aromatic heterocycles. The summed E-state index contributed by atoms with van der Waals surface area (Å²) in [5.41, 5.74) is 1.33. The lowest BCUT2D eigenvalue weighted by Crippen LogP contribution is -2.34. The van der Waals surface area contributed by atoms with Crippen LogP contribution < -0.4 is 4.74 Å². The monoisotopic (exact) mass is 289 g/mol. The number of carboxylic acid groups (broad SMARTS) is 1. The van der Waals surface area contributed by atoms with Crippen molar-refractivity contribution in [2.75, 3.05) is 13.7 Å². The van der Waals surface area contributed by atoms with Crippen LogP contribution in [-0.2, 0) is 6.54 Å². The molecule has 4 heteroatoms. The van der Waals surface area contributed by atoms with Crippen LogP contribution in [0.1, 0.15) is 48.0 Å². The van der Waals surface area contributed by atoms with Crippen molar-refractivity contribution < 1.29 is 14.6 Å². The lowest BCUT2D eigenvalue weighted by Gasteiger charge is -2.32. The molecule has 0 spiro atoms. The predicted octanol–water partition coefficient (Wildman–Crippen LogP) is 3.16. The van der Waals surface area contributed by atoms with Gasteiger partial charge in [-0.2, -0.15) is 0 Å². The van der Waals surface area contributed by atoms with E-state index in [2.05, 4.69) is 4.90 Å². The number of benzene rings is 1. The molecule has 1 N–H and O–H groups in total. The fourth-order valence-electron chi connectivity index (χ4n) is 3.95. The molecule has 0 amide bonds. The van der Waals surface area contributed by atoms with E-state index >= 15 is 0 Å². The highest BCUT2D eigenvalue weighted by atomic mass is 16.5. The van der Waals surface area contributed by atoms with Crippen LogP contribution in [0, 0.1) is 5.92 Å². The Morgan fingerprint density at radius 1 is 1.33 bits per heavy atom. The summed E-state index contributed by atoms with van der Waals surface area (Å²) in [7, 11) is 1.65. The van der Waals surface area contributed by atoms with Gasteiger partial charge in [0.05, 0.1) is 12.7 Å². The minimum Gasteiger partial charge on any atom is -0.496 e. The van der Waals surface area contributed by atoms with Gasteiger partial charge in [0.15, 0.2) is 0 Å². The molecule has 2 fully saturated rings. The molecule has 1 saturated carbocycles. The molecule has 1 aromatic carbocycles. The van der Waals surface area contributed by atoms with Crippen molar-refractivity contribution in [3.63, 3.8) is 0 Å². The zero-order valence-electron chi connectivity index (χ0n) is 12.5. The van der Waals surface area contributed by atoms with Gasteiger partial charge in [0.2, 0.25) is 0 Å². The second kappa shape index (κ2) is 6.06. The van der Waals surface area contributed by atoms with Crippen LogP contribution in [0.15, 0.2) is 18.2 Å². The van der Waals surface area contributed by atoms with Crippen molar-refractivity contribution in [2.45, 2.75) is 44.7 Å². The lowest BCUT2D eigenvalue weighted by molar-refractivity contribution is 0.0696. The maximum Gasteiger partial charge on any atom is 0.335 e. The fraction of sp³-hybridized carbons (Fsp3) is 0.588. The second-order valence-corrected chi connectivity index (χ2v) is 6.20. The Kier molecular flexibility index (Phi) is 4.15. The molecule has 21 heavy (non-hydrogen) atoms. The molecular weight excluding hydrogens is 266 g/mol. The minimum atomic E-state index is -0.879. The van der Waals surface area contributed by atoms with E-state index in [9.17, 15) is 4.79 Å². The molecule has 1 aromatic rings. The Morgan fingerprint density at radius 2 is 2.14 bits per heavy atom. The minimum absolute atomic E-state index is 0.338. The molecular formula is C17H23NO3. The number of methoxy groups -OCH3 is 1. The largest absolute Gasteiger partial charge is 0.496 e. The van der Waals surface area contributed by atoms with E-state index in [1.807, 2.05) is 0 Å². The average molecular weight is 289 g/mol. The first-order chi connectivity index (χ1) is 10.2. The maximum atomic E-state index is 11.2. The molecule has 2 atom stereocenters. The summed E-state index contributed by atoms with van der Waals surface area (Å²) in [6.45, 7) is 1.92. The smallest absolute Gasteiger partial charge is 0.335 e.